The molecule has 196 valence electrons. The zero-order chi connectivity index (χ0) is 28.5. The summed E-state index contributed by atoms with van der Waals surface area (Å²) in [4.78, 5) is 73.5. The van der Waals surface area contributed by atoms with Gasteiger partial charge in [-0.15, -0.1) is 0 Å². The van der Waals surface area contributed by atoms with Gasteiger partial charge in [-0.2, -0.15) is 0 Å². The number of nitrogens with two attached hydrogens (primary N) is 2. The smallest absolute Gasteiger partial charge is 0.254 e. The highest BCUT2D eigenvalue weighted by molar-refractivity contribution is 14.1. The number of nitrogens with one attached hydrogen (secondary N) is 2. The van der Waals surface area contributed by atoms with Gasteiger partial charge in [-0.25, -0.2) is 0 Å². The number of anilines is 2. The Labute approximate surface area is 261 Å². The summed E-state index contributed by atoms with van der Waals surface area (Å²) in [5.74, 6) is -3.22. The molecule has 0 saturated carbocycles. The highest BCUT2D eigenvalue weighted by Gasteiger charge is 2.28. The summed E-state index contributed by atoms with van der Waals surface area (Å²) in [6.07, 6.45) is -0.697. The van der Waals surface area contributed by atoms with Crippen molar-refractivity contribution in [2.24, 2.45) is 11.5 Å². The molecule has 0 aromatic heterocycles. The molecule has 0 heterocycles. The van der Waals surface area contributed by atoms with Gasteiger partial charge < -0.3 is 22.1 Å². The lowest BCUT2D eigenvalue weighted by molar-refractivity contribution is -0.123. The highest BCUT2D eigenvalue weighted by atomic mass is 127. The molecule has 0 aliphatic carbocycles. The molecule has 0 aliphatic heterocycles. The van der Waals surface area contributed by atoms with Gasteiger partial charge in [0.1, 0.15) is 6.42 Å². The average molecular weight is 885 g/mol. The van der Waals surface area contributed by atoms with E-state index in [0.29, 0.717) is 5.56 Å². The van der Waals surface area contributed by atoms with Crippen molar-refractivity contribution in [3.8, 4) is 0 Å². The van der Waals surface area contributed by atoms with Gasteiger partial charge in [0.05, 0.1) is 31.6 Å². The number of amides is 4. The lowest BCUT2D eigenvalue weighted by Crippen LogP contribution is -2.26. The summed E-state index contributed by atoms with van der Waals surface area (Å²) in [5, 5.41) is 3.35. The number of hydrogen-bond acceptors (Lipinski definition) is 6. The standard InChI is InChI=1S/C22H17Cl2I3N4O6/c1-5-10(21(28)36)6(2)17(15(26)11(5)19(23)34)30-8(32)4-9(33)31-18-7(3)12(22(29)37)14(25)13(16(18)27)20(24)35/h4H2,1-3H3,(H2,28,36)(H2,29,37)(H,30,32)(H,31,33). The summed E-state index contributed by atoms with van der Waals surface area (Å²) >= 11 is 16.8. The molecule has 37 heavy (non-hydrogen) atoms. The maximum absolute atomic E-state index is 12.8. The molecular weight excluding hydrogens is 868 g/mol. The first kappa shape index (κ1) is 31.6. The summed E-state index contributed by atoms with van der Waals surface area (Å²) in [6.45, 7) is 4.56. The highest BCUT2D eigenvalue weighted by Crippen LogP contribution is 2.36. The first-order valence-corrected chi connectivity index (χ1v) is 13.9. The van der Waals surface area contributed by atoms with Gasteiger partial charge in [-0.1, -0.05) is 0 Å². The minimum Gasteiger partial charge on any atom is -0.366 e. The van der Waals surface area contributed by atoms with Gasteiger partial charge in [-0.05, 0) is 128 Å². The lowest BCUT2D eigenvalue weighted by atomic mass is 9.95. The maximum atomic E-state index is 12.8. The Kier molecular flexibility index (Phi) is 10.7. The summed E-state index contributed by atoms with van der Waals surface area (Å²) in [5.41, 5.74) is 12.0. The SMILES string of the molecule is Cc1c(NC(=O)CC(=O)Nc2c(C)c(C(N)=O)c(I)c(C(=O)Cl)c2I)c(I)c(C(=O)Cl)c(C)c1C(N)=O. The molecule has 0 fully saturated rings. The molecule has 0 saturated heterocycles. The largest absolute Gasteiger partial charge is 0.366 e. The number of hydrogen-bond donors (Lipinski definition) is 4. The van der Waals surface area contributed by atoms with Crippen LogP contribution in [0.4, 0.5) is 11.4 Å². The van der Waals surface area contributed by atoms with Crippen LogP contribution >= 0.6 is 91.0 Å². The predicted octanol–water partition coefficient (Wildman–Crippen LogP) is 4.35. The van der Waals surface area contributed by atoms with Crippen LogP contribution in [0.2, 0.25) is 0 Å². The Balaban J connectivity index is 2.45. The van der Waals surface area contributed by atoms with E-state index in [9.17, 15) is 28.8 Å². The van der Waals surface area contributed by atoms with Crippen molar-refractivity contribution in [1.29, 1.82) is 0 Å². The van der Waals surface area contributed by atoms with Crippen LogP contribution in [-0.4, -0.2) is 34.1 Å². The van der Waals surface area contributed by atoms with Crippen molar-refractivity contribution in [2.75, 3.05) is 10.6 Å². The minimum atomic E-state index is -0.858. The molecule has 15 heteroatoms. The zero-order valence-corrected chi connectivity index (χ0v) is 27.2. The van der Waals surface area contributed by atoms with Crippen LogP contribution in [0.5, 0.6) is 0 Å². The third-order valence-corrected chi connectivity index (χ3v) is 8.92. The van der Waals surface area contributed by atoms with Gasteiger partial charge in [0.2, 0.25) is 23.6 Å². The van der Waals surface area contributed by atoms with Crippen LogP contribution in [0.15, 0.2) is 0 Å². The second-order valence-corrected chi connectivity index (χ2v) is 11.5. The average Bonchev–Trinajstić information content (AvgIpc) is 2.73. The molecule has 0 spiro atoms. The molecule has 6 N–H and O–H groups in total. The van der Waals surface area contributed by atoms with E-state index < -0.39 is 40.5 Å². The van der Waals surface area contributed by atoms with E-state index in [1.807, 2.05) is 0 Å². The van der Waals surface area contributed by atoms with Crippen molar-refractivity contribution in [3.05, 3.63) is 49.7 Å². The molecular formula is C22H17Cl2I3N4O6. The van der Waals surface area contributed by atoms with Gasteiger partial charge in [0.25, 0.3) is 10.5 Å². The van der Waals surface area contributed by atoms with Crippen LogP contribution in [0.1, 0.15) is 64.5 Å². The second-order valence-electron chi connectivity index (χ2n) is 7.62. The van der Waals surface area contributed by atoms with Crippen molar-refractivity contribution < 1.29 is 28.8 Å². The van der Waals surface area contributed by atoms with Crippen LogP contribution in [0.3, 0.4) is 0 Å². The number of carbonyl (C=O) groups excluding carboxylic acids is 6. The fourth-order valence-corrected chi connectivity index (χ4v) is 8.51. The monoisotopic (exact) mass is 884 g/mol. The second kappa shape index (κ2) is 12.5. The van der Waals surface area contributed by atoms with Crippen molar-refractivity contribution in [2.45, 2.75) is 27.2 Å². The van der Waals surface area contributed by atoms with E-state index in [4.69, 9.17) is 34.7 Å². The Morgan fingerprint density at radius 3 is 1.38 bits per heavy atom. The predicted molar refractivity (Wildman–Crippen MR) is 165 cm³/mol. The molecule has 2 aromatic rings. The number of rotatable bonds is 8. The molecule has 0 atom stereocenters. The first-order valence-electron chi connectivity index (χ1n) is 9.95. The molecule has 4 amide bonds. The van der Waals surface area contributed by atoms with Crippen LogP contribution in [0, 0.1) is 31.5 Å². The first-order chi connectivity index (χ1) is 17.0. The number of benzene rings is 2. The summed E-state index contributed by atoms with van der Waals surface area (Å²) in [6, 6.07) is 0. The molecule has 2 rings (SSSR count). The van der Waals surface area contributed by atoms with Gasteiger partial charge in [0, 0.05) is 12.7 Å². The van der Waals surface area contributed by atoms with Crippen molar-refractivity contribution in [1.82, 2.24) is 0 Å². The van der Waals surface area contributed by atoms with E-state index >= 15 is 0 Å². The van der Waals surface area contributed by atoms with Crippen molar-refractivity contribution >= 4 is 136 Å². The normalized spacial score (nSPS) is 10.6. The van der Waals surface area contributed by atoms with Gasteiger partial charge in [0.15, 0.2) is 0 Å². The molecule has 10 nitrogen and oxygen atoms in total. The fourth-order valence-electron chi connectivity index (χ4n) is 3.67. The Morgan fingerprint density at radius 2 is 1.00 bits per heavy atom. The van der Waals surface area contributed by atoms with Gasteiger partial charge >= 0.3 is 0 Å². The third kappa shape index (κ3) is 6.54. The Bertz CT molecular complexity index is 1240. The molecule has 0 unspecified atom stereocenters. The number of primary amides is 2. The number of carbonyl (C=O) groups is 6. The topological polar surface area (TPSA) is 179 Å². The third-order valence-electron chi connectivity index (χ3n) is 5.30. The minimum absolute atomic E-state index is 0.00253. The molecule has 0 radical (unpaired) electrons. The van der Waals surface area contributed by atoms with E-state index in [1.54, 1.807) is 67.8 Å². The van der Waals surface area contributed by atoms with Crippen LogP contribution in [-0.2, 0) is 9.59 Å². The lowest BCUT2D eigenvalue weighted by Gasteiger charge is -2.19. The summed E-state index contributed by atoms with van der Waals surface area (Å²) < 4.78 is 0.770. The molecule has 0 bridgehead atoms. The van der Waals surface area contributed by atoms with E-state index in [1.165, 1.54) is 20.8 Å². The molecule has 0 aliphatic rings. The quantitative estimate of drug-likeness (QED) is 0.174. The van der Waals surface area contributed by atoms with Crippen LogP contribution < -0.4 is 22.1 Å². The van der Waals surface area contributed by atoms with E-state index in [2.05, 4.69) is 10.6 Å². The Morgan fingerprint density at radius 1 is 0.622 bits per heavy atom. The van der Waals surface area contributed by atoms with Gasteiger partial charge in [-0.3, -0.25) is 28.8 Å². The molecule has 2 aromatic carbocycles. The van der Waals surface area contributed by atoms with E-state index in [0.717, 1.165) is 0 Å². The maximum Gasteiger partial charge on any atom is 0.254 e. The van der Waals surface area contributed by atoms with E-state index in [-0.39, 0.29) is 55.5 Å². The van der Waals surface area contributed by atoms with Crippen LogP contribution in [0.25, 0.3) is 0 Å². The zero-order valence-electron chi connectivity index (χ0n) is 19.2. The summed E-state index contributed by atoms with van der Waals surface area (Å²) in [7, 11) is 0. The fraction of sp³-hybridized carbons (Fsp3) is 0.182. The number of halogens is 5. The Hall–Kier alpha value is -1.57. The van der Waals surface area contributed by atoms with Crippen molar-refractivity contribution in [3.63, 3.8) is 0 Å².